The summed E-state index contributed by atoms with van der Waals surface area (Å²) in [6.07, 6.45) is 0. The number of nitrogens with zero attached hydrogens (tertiary/aromatic N) is 1. The molecule has 1 aromatic rings. The fraction of sp³-hybridized carbons (Fsp3) is 0.533. The van der Waals surface area contributed by atoms with E-state index in [1.54, 1.807) is 12.1 Å². The van der Waals surface area contributed by atoms with Crippen LogP contribution in [0.25, 0.3) is 0 Å². The molecule has 1 amide bonds. The average molecular weight is 276 g/mol. The predicted octanol–water partition coefficient (Wildman–Crippen LogP) is 1.08. The largest absolute Gasteiger partial charge is 0.504 e. The van der Waals surface area contributed by atoms with Gasteiger partial charge in [0, 0.05) is 31.2 Å². The van der Waals surface area contributed by atoms with Crippen LogP contribution < -0.4 is 10.1 Å². The summed E-state index contributed by atoms with van der Waals surface area (Å²) in [6.45, 7) is 4.89. The minimum Gasteiger partial charge on any atom is -0.504 e. The lowest BCUT2D eigenvalue weighted by Gasteiger charge is -2.24. The normalized spacial score (nSPS) is 28.5. The van der Waals surface area contributed by atoms with Crippen molar-refractivity contribution in [2.45, 2.75) is 13.0 Å². The Hall–Kier alpha value is -1.75. The first-order valence-corrected chi connectivity index (χ1v) is 7.00. The molecule has 2 N–H and O–H groups in total. The van der Waals surface area contributed by atoms with E-state index in [9.17, 15) is 9.90 Å². The summed E-state index contributed by atoms with van der Waals surface area (Å²) < 4.78 is 5.00. The lowest BCUT2D eigenvalue weighted by atomic mass is 9.95. The molecule has 5 nitrogen and oxygen atoms in total. The van der Waals surface area contributed by atoms with Crippen LogP contribution in [0.4, 0.5) is 0 Å². The predicted molar refractivity (Wildman–Crippen MR) is 75.0 cm³/mol. The molecule has 0 bridgehead atoms. The molecular formula is C15H20N2O3. The quantitative estimate of drug-likeness (QED) is 0.848. The van der Waals surface area contributed by atoms with E-state index in [1.165, 1.54) is 13.2 Å². The number of likely N-dealkylation sites (tertiary alicyclic amines) is 1. The number of methoxy groups -OCH3 is 1. The molecule has 3 unspecified atom stereocenters. The van der Waals surface area contributed by atoms with Crippen LogP contribution >= 0.6 is 0 Å². The zero-order valence-corrected chi connectivity index (χ0v) is 11.8. The maximum Gasteiger partial charge on any atom is 0.254 e. The van der Waals surface area contributed by atoms with Crippen LogP contribution in [-0.2, 0) is 0 Å². The topological polar surface area (TPSA) is 61.8 Å². The molecule has 2 fully saturated rings. The second-order valence-corrected chi connectivity index (χ2v) is 5.67. The Balaban J connectivity index is 1.81. The smallest absolute Gasteiger partial charge is 0.254 e. The highest BCUT2D eigenvalue weighted by atomic mass is 16.5. The minimum absolute atomic E-state index is 0.00654. The maximum absolute atomic E-state index is 12.6. The van der Waals surface area contributed by atoms with Crippen molar-refractivity contribution in [2.24, 2.45) is 11.8 Å². The monoisotopic (exact) mass is 276 g/mol. The van der Waals surface area contributed by atoms with Gasteiger partial charge in [0.05, 0.1) is 7.11 Å². The Labute approximate surface area is 118 Å². The van der Waals surface area contributed by atoms with Crippen molar-refractivity contribution in [2.75, 3.05) is 26.7 Å². The minimum atomic E-state index is -0.00940. The average Bonchev–Trinajstić information content (AvgIpc) is 3.01. The number of phenols is 1. The summed E-state index contributed by atoms with van der Waals surface area (Å²) in [6, 6.07) is 5.07. The van der Waals surface area contributed by atoms with E-state index in [0.29, 0.717) is 23.1 Å². The number of hydrogen-bond acceptors (Lipinski definition) is 4. The van der Waals surface area contributed by atoms with Gasteiger partial charge in [-0.25, -0.2) is 0 Å². The van der Waals surface area contributed by atoms with Gasteiger partial charge >= 0.3 is 0 Å². The zero-order chi connectivity index (χ0) is 14.3. The van der Waals surface area contributed by atoms with Crippen molar-refractivity contribution in [1.29, 1.82) is 0 Å². The van der Waals surface area contributed by atoms with E-state index >= 15 is 0 Å². The van der Waals surface area contributed by atoms with Gasteiger partial charge in [0.15, 0.2) is 11.5 Å². The van der Waals surface area contributed by atoms with Crippen molar-refractivity contribution in [3.63, 3.8) is 0 Å². The van der Waals surface area contributed by atoms with E-state index in [0.717, 1.165) is 19.6 Å². The Morgan fingerprint density at radius 3 is 2.90 bits per heavy atom. The number of phenolic OH excluding ortho intramolecular Hbond substituents is 1. The van der Waals surface area contributed by atoms with Crippen LogP contribution in [0.5, 0.6) is 11.5 Å². The van der Waals surface area contributed by atoms with E-state index in [-0.39, 0.29) is 17.7 Å². The summed E-state index contributed by atoms with van der Waals surface area (Å²) in [5, 5.41) is 13.2. The number of carbonyl (C=O) groups is 1. The molecular weight excluding hydrogens is 256 g/mol. The number of ether oxygens (including phenoxy) is 1. The molecule has 5 heteroatoms. The molecule has 0 radical (unpaired) electrons. The first-order valence-electron chi connectivity index (χ1n) is 7.00. The highest BCUT2D eigenvalue weighted by Gasteiger charge is 2.43. The molecule has 0 aromatic heterocycles. The van der Waals surface area contributed by atoms with Gasteiger partial charge < -0.3 is 20.1 Å². The molecule has 1 aromatic carbocycles. The summed E-state index contributed by atoms with van der Waals surface area (Å²) in [5.41, 5.74) is 0.517. The number of aromatic hydroxyl groups is 1. The van der Waals surface area contributed by atoms with Gasteiger partial charge in [-0.05, 0) is 37.0 Å². The third-order valence-electron chi connectivity index (χ3n) is 4.62. The maximum atomic E-state index is 12.6. The van der Waals surface area contributed by atoms with Crippen molar-refractivity contribution < 1.29 is 14.6 Å². The van der Waals surface area contributed by atoms with Crippen molar-refractivity contribution in [1.82, 2.24) is 10.2 Å². The summed E-state index contributed by atoms with van der Waals surface area (Å²) >= 11 is 0. The first-order chi connectivity index (χ1) is 9.61. The Bertz CT molecular complexity index is 532. The highest BCUT2D eigenvalue weighted by Crippen LogP contribution is 2.34. The molecule has 3 atom stereocenters. The lowest BCUT2D eigenvalue weighted by molar-refractivity contribution is 0.0728. The van der Waals surface area contributed by atoms with Crippen LogP contribution in [0.2, 0.25) is 0 Å². The molecule has 0 aliphatic carbocycles. The van der Waals surface area contributed by atoms with Gasteiger partial charge in [-0.1, -0.05) is 0 Å². The van der Waals surface area contributed by atoms with Crippen LogP contribution in [-0.4, -0.2) is 48.7 Å². The number of rotatable bonds is 2. The Morgan fingerprint density at radius 1 is 1.45 bits per heavy atom. The Kier molecular flexibility index (Phi) is 3.30. The summed E-state index contributed by atoms with van der Waals surface area (Å²) in [4.78, 5) is 14.5. The molecule has 0 spiro atoms. The Morgan fingerprint density at radius 2 is 2.25 bits per heavy atom. The van der Waals surface area contributed by atoms with Crippen molar-refractivity contribution in [3.8, 4) is 11.5 Å². The number of hydrogen-bond donors (Lipinski definition) is 2. The SMILES string of the molecule is COc1ccc(C(=O)N2CC3CNCC3C2C)cc1O. The van der Waals surface area contributed by atoms with E-state index in [2.05, 4.69) is 12.2 Å². The third kappa shape index (κ3) is 2.02. The van der Waals surface area contributed by atoms with Gasteiger partial charge in [0.25, 0.3) is 5.91 Å². The zero-order valence-electron chi connectivity index (χ0n) is 11.8. The van der Waals surface area contributed by atoms with Gasteiger partial charge in [0.1, 0.15) is 0 Å². The molecule has 0 saturated carbocycles. The lowest BCUT2D eigenvalue weighted by Crippen LogP contribution is -2.38. The van der Waals surface area contributed by atoms with Crippen LogP contribution in [0.1, 0.15) is 17.3 Å². The standard InChI is InChI=1S/C15H20N2O3/c1-9-12-7-16-6-11(12)8-17(9)15(19)10-3-4-14(20-2)13(18)5-10/h3-5,9,11-12,16,18H,6-8H2,1-2H3. The molecule has 2 aliphatic rings. The number of amides is 1. The number of benzene rings is 1. The van der Waals surface area contributed by atoms with Crippen molar-refractivity contribution >= 4 is 5.91 Å². The molecule has 3 rings (SSSR count). The van der Waals surface area contributed by atoms with E-state index in [4.69, 9.17) is 4.74 Å². The molecule has 2 heterocycles. The molecule has 2 aliphatic heterocycles. The van der Waals surface area contributed by atoms with Gasteiger partial charge in [0.2, 0.25) is 0 Å². The van der Waals surface area contributed by atoms with E-state index in [1.807, 2.05) is 4.90 Å². The first kappa shape index (κ1) is 13.2. The third-order valence-corrected chi connectivity index (χ3v) is 4.62. The summed E-state index contributed by atoms with van der Waals surface area (Å²) in [7, 11) is 1.49. The van der Waals surface area contributed by atoms with Crippen LogP contribution in [0.3, 0.4) is 0 Å². The van der Waals surface area contributed by atoms with E-state index < -0.39 is 0 Å². The number of carbonyl (C=O) groups excluding carboxylic acids is 1. The highest BCUT2D eigenvalue weighted by molar-refractivity contribution is 5.95. The summed E-state index contributed by atoms with van der Waals surface area (Å²) in [5.74, 6) is 1.49. The van der Waals surface area contributed by atoms with Crippen LogP contribution in [0, 0.1) is 11.8 Å². The van der Waals surface area contributed by atoms with Crippen molar-refractivity contribution in [3.05, 3.63) is 23.8 Å². The van der Waals surface area contributed by atoms with Gasteiger partial charge in [-0.3, -0.25) is 4.79 Å². The number of fused-ring (bicyclic) bond motifs is 1. The van der Waals surface area contributed by atoms with Gasteiger partial charge in [-0.15, -0.1) is 0 Å². The molecule has 108 valence electrons. The fourth-order valence-electron chi connectivity index (χ4n) is 3.42. The molecule has 20 heavy (non-hydrogen) atoms. The van der Waals surface area contributed by atoms with Crippen LogP contribution in [0.15, 0.2) is 18.2 Å². The van der Waals surface area contributed by atoms with Gasteiger partial charge in [-0.2, -0.15) is 0 Å². The fourth-order valence-corrected chi connectivity index (χ4v) is 3.42. The second-order valence-electron chi connectivity index (χ2n) is 5.67. The second kappa shape index (κ2) is 4.98. The molecule has 2 saturated heterocycles. The number of nitrogens with one attached hydrogen (secondary N) is 1.